The van der Waals surface area contributed by atoms with E-state index in [0.717, 1.165) is 11.3 Å². The molecule has 0 bridgehead atoms. The molecule has 0 fully saturated rings. The zero-order chi connectivity index (χ0) is 14.5. The lowest BCUT2D eigenvalue weighted by molar-refractivity contribution is -0.148. The molecule has 4 nitrogen and oxygen atoms in total. The minimum Gasteiger partial charge on any atom is -0.467 e. The number of ether oxygens (including phenoxy) is 1. The number of rotatable bonds is 6. The van der Waals surface area contributed by atoms with Gasteiger partial charge in [-0.3, -0.25) is 5.32 Å². The number of hydrogen-bond acceptors (Lipinski definition) is 4. The number of methoxy groups -OCH3 is 1. The summed E-state index contributed by atoms with van der Waals surface area (Å²) < 4.78 is 4.90. The van der Waals surface area contributed by atoms with E-state index in [1.54, 1.807) is 6.08 Å². The third kappa shape index (κ3) is 3.35. The molecule has 1 aromatic carbocycles. The van der Waals surface area contributed by atoms with E-state index >= 15 is 0 Å². The van der Waals surface area contributed by atoms with Crippen LogP contribution in [0.5, 0.6) is 0 Å². The highest BCUT2D eigenvalue weighted by atomic mass is 16.5. The zero-order valence-electron chi connectivity index (χ0n) is 12.1. The van der Waals surface area contributed by atoms with E-state index in [1.165, 1.54) is 7.11 Å². The highest BCUT2D eigenvalue weighted by molar-refractivity contribution is 5.82. The second-order valence-corrected chi connectivity index (χ2v) is 4.73. The van der Waals surface area contributed by atoms with E-state index in [2.05, 4.69) is 11.9 Å². The maximum atomic E-state index is 12.0. The molecule has 0 spiro atoms. The van der Waals surface area contributed by atoms with Gasteiger partial charge in [-0.1, -0.05) is 18.2 Å². The fraction of sp³-hybridized carbons (Fsp3) is 0.400. The van der Waals surface area contributed by atoms with E-state index in [1.807, 2.05) is 50.2 Å². The largest absolute Gasteiger partial charge is 0.467 e. The Kier molecular flexibility index (Phi) is 5.12. The fourth-order valence-electron chi connectivity index (χ4n) is 1.87. The van der Waals surface area contributed by atoms with E-state index < -0.39 is 5.54 Å². The highest BCUT2D eigenvalue weighted by Gasteiger charge is 2.35. The molecule has 1 atom stereocenters. The summed E-state index contributed by atoms with van der Waals surface area (Å²) in [6, 6.07) is 7.82. The van der Waals surface area contributed by atoms with Crippen molar-refractivity contribution in [2.24, 2.45) is 0 Å². The summed E-state index contributed by atoms with van der Waals surface area (Å²) in [5.41, 5.74) is 1.08. The van der Waals surface area contributed by atoms with Gasteiger partial charge in [-0.05, 0) is 24.6 Å². The van der Waals surface area contributed by atoms with Crippen LogP contribution in [-0.2, 0) is 15.1 Å². The lowest BCUT2D eigenvalue weighted by Crippen LogP contribution is -2.47. The number of anilines is 1. The topological polar surface area (TPSA) is 41.6 Å². The maximum Gasteiger partial charge on any atom is 0.330 e. The van der Waals surface area contributed by atoms with Gasteiger partial charge in [0.15, 0.2) is 0 Å². The van der Waals surface area contributed by atoms with Crippen LogP contribution in [0.25, 0.3) is 0 Å². The molecule has 104 valence electrons. The molecule has 1 aromatic rings. The summed E-state index contributed by atoms with van der Waals surface area (Å²) in [7, 11) is 5.35. The van der Waals surface area contributed by atoms with Gasteiger partial charge < -0.3 is 9.64 Å². The first-order chi connectivity index (χ1) is 8.95. The number of carbonyl (C=O) groups is 1. The van der Waals surface area contributed by atoms with Crippen molar-refractivity contribution in [1.29, 1.82) is 0 Å². The molecule has 0 saturated heterocycles. The Morgan fingerprint density at radius 3 is 2.42 bits per heavy atom. The standard InChI is InChI=1S/C15H22N2O2/c1-6-11-16-15(2,14(18)19-5)12-7-9-13(10-8-12)17(3)4/h6-10,16H,1,11H2,2-5H3. The Hall–Kier alpha value is -1.81. The number of nitrogens with one attached hydrogen (secondary N) is 1. The first kappa shape index (κ1) is 15.2. The van der Waals surface area contributed by atoms with Gasteiger partial charge in [-0.25, -0.2) is 4.79 Å². The average molecular weight is 262 g/mol. The molecule has 0 amide bonds. The second-order valence-electron chi connectivity index (χ2n) is 4.73. The number of nitrogens with zero attached hydrogens (tertiary/aromatic N) is 1. The molecule has 0 aliphatic rings. The van der Waals surface area contributed by atoms with Crippen molar-refractivity contribution in [2.45, 2.75) is 12.5 Å². The van der Waals surface area contributed by atoms with Crippen LogP contribution in [0.1, 0.15) is 12.5 Å². The fourth-order valence-corrected chi connectivity index (χ4v) is 1.87. The molecule has 0 heterocycles. The van der Waals surface area contributed by atoms with Gasteiger partial charge in [0.25, 0.3) is 0 Å². The molecule has 0 radical (unpaired) electrons. The zero-order valence-corrected chi connectivity index (χ0v) is 12.1. The molecule has 0 aromatic heterocycles. The molecule has 0 saturated carbocycles. The molecule has 1 unspecified atom stereocenters. The predicted molar refractivity (Wildman–Crippen MR) is 78.3 cm³/mol. The van der Waals surface area contributed by atoms with Crippen LogP contribution < -0.4 is 10.2 Å². The van der Waals surface area contributed by atoms with Crippen molar-refractivity contribution >= 4 is 11.7 Å². The van der Waals surface area contributed by atoms with Gasteiger partial charge >= 0.3 is 5.97 Å². The normalized spacial score (nSPS) is 13.5. The maximum absolute atomic E-state index is 12.0. The minimum absolute atomic E-state index is 0.313. The van der Waals surface area contributed by atoms with Crippen molar-refractivity contribution in [3.05, 3.63) is 42.5 Å². The average Bonchev–Trinajstić information content (AvgIpc) is 2.43. The van der Waals surface area contributed by atoms with Crippen molar-refractivity contribution in [3.8, 4) is 0 Å². The first-order valence-electron chi connectivity index (χ1n) is 6.18. The third-order valence-electron chi connectivity index (χ3n) is 3.15. The Balaban J connectivity index is 3.10. The van der Waals surface area contributed by atoms with Gasteiger partial charge in [-0.15, -0.1) is 6.58 Å². The lowest BCUT2D eigenvalue weighted by atomic mass is 9.91. The Bertz CT molecular complexity index is 440. The van der Waals surface area contributed by atoms with Gasteiger partial charge in [0.05, 0.1) is 7.11 Å². The van der Waals surface area contributed by atoms with E-state index in [9.17, 15) is 4.79 Å². The van der Waals surface area contributed by atoms with Crippen LogP contribution >= 0.6 is 0 Å². The van der Waals surface area contributed by atoms with Crippen molar-refractivity contribution in [3.63, 3.8) is 0 Å². The van der Waals surface area contributed by atoms with Gasteiger partial charge in [0.2, 0.25) is 0 Å². The Morgan fingerprint density at radius 2 is 2.00 bits per heavy atom. The number of hydrogen-bond donors (Lipinski definition) is 1. The van der Waals surface area contributed by atoms with Crippen LogP contribution in [0.2, 0.25) is 0 Å². The van der Waals surface area contributed by atoms with Crippen LogP contribution in [0.15, 0.2) is 36.9 Å². The monoisotopic (exact) mass is 262 g/mol. The number of benzene rings is 1. The van der Waals surface area contributed by atoms with Crippen LogP contribution in [-0.4, -0.2) is 33.7 Å². The third-order valence-corrected chi connectivity index (χ3v) is 3.15. The summed E-state index contributed by atoms with van der Waals surface area (Å²) >= 11 is 0. The summed E-state index contributed by atoms with van der Waals surface area (Å²) in [6.07, 6.45) is 1.72. The van der Waals surface area contributed by atoms with Gasteiger partial charge in [0, 0.05) is 26.3 Å². The second kappa shape index (κ2) is 6.38. The van der Waals surface area contributed by atoms with Crippen LogP contribution in [0.3, 0.4) is 0 Å². The van der Waals surface area contributed by atoms with Gasteiger partial charge in [0.1, 0.15) is 5.54 Å². The Morgan fingerprint density at radius 1 is 1.42 bits per heavy atom. The smallest absolute Gasteiger partial charge is 0.330 e. The highest BCUT2D eigenvalue weighted by Crippen LogP contribution is 2.24. The lowest BCUT2D eigenvalue weighted by Gasteiger charge is -2.28. The number of esters is 1. The first-order valence-corrected chi connectivity index (χ1v) is 6.18. The molecule has 4 heteroatoms. The molecule has 19 heavy (non-hydrogen) atoms. The summed E-state index contributed by atoms with van der Waals surface area (Å²) in [4.78, 5) is 14.0. The van der Waals surface area contributed by atoms with Crippen LogP contribution in [0, 0.1) is 0 Å². The minimum atomic E-state index is -0.867. The summed E-state index contributed by atoms with van der Waals surface area (Å²) in [6.45, 7) is 6.00. The molecule has 1 N–H and O–H groups in total. The molecule has 0 aliphatic heterocycles. The quantitative estimate of drug-likeness (QED) is 0.628. The Labute approximate surface area is 115 Å². The van der Waals surface area contributed by atoms with E-state index in [-0.39, 0.29) is 5.97 Å². The molecular formula is C15H22N2O2. The molecule has 1 rings (SSSR count). The van der Waals surface area contributed by atoms with Gasteiger partial charge in [-0.2, -0.15) is 0 Å². The van der Waals surface area contributed by atoms with Crippen LogP contribution in [0.4, 0.5) is 5.69 Å². The summed E-state index contributed by atoms with van der Waals surface area (Å²) in [5, 5.41) is 3.16. The predicted octanol–water partition coefficient (Wildman–Crippen LogP) is 1.92. The molecular weight excluding hydrogens is 240 g/mol. The molecule has 0 aliphatic carbocycles. The SMILES string of the molecule is C=CCNC(C)(C(=O)OC)c1ccc(N(C)C)cc1. The van der Waals surface area contributed by atoms with Crippen molar-refractivity contribution in [2.75, 3.05) is 32.6 Å². The summed E-state index contributed by atoms with van der Waals surface area (Å²) in [5.74, 6) is -0.313. The van der Waals surface area contributed by atoms with Crippen molar-refractivity contribution < 1.29 is 9.53 Å². The van der Waals surface area contributed by atoms with Crippen molar-refractivity contribution in [1.82, 2.24) is 5.32 Å². The number of carbonyl (C=O) groups excluding carboxylic acids is 1. The van der Waals surface area contributed by atoms with E-state index in [0.29, 0.717) is 6.54 Å². The van der Waals surface area contributed by atoms with E-state index in [4.69, 9.17) is 4.74 Å².